The van der Waals surface area contributed by atoms with Crippen molar-refractivity contribution in [1.29, 1.82) is 0 Å². The summed E-state index contributed by atoms with van der Waals surface area (Å²) >= 11 is 6.12. The average molecular weight is 225 g/mol. The van der Waals surface area contributed by atoms with Gasteiger partial charge in [-0.3, -0.25) is 0 Å². The molecule has 0 aromatic heterocycles. The minimum atomic E-state index is 0.867. The molecule has 0 amide bonds. The zero-order valence-corrected chi connectivity index (χ0v) is 10.1. The third kappa shape index (κ3) is 2.44. The highest BCUT2D eigenvalue weighted by Gasteiger charge is 2.14. The highest BCUT2D eigenvalue weighted by Crippen LogP contribution is 2.23. The summed E-state index contributed by atoms with van der Waals surface area (Å²) in [6, 6.07) is 6.32. The molecule has 0 unspecified atom stereocenters. The Balaban J connectivity index is 2.12. The van der Waals surface area contributed by atoms with Crippen LogP contribution in [-0.2, 0) is 0 Å². The number of piperazine rings is 1. The summed E-state index contributed by atoms with van der Waals surface area (Å²) in [5.41, 5.74) is 2.40. The van der Waals surface area contributed by atoms with Crippen LogP contribution in [0.25, 0.3) is 0 Å². The lowest BCUT2D eigenvalue weighted by molar-refractivity contribution is 0.313. The topological polar surface area (TPSA) is 6.48 Å². The van der Waals surface area contributed by atoms with Gasteiger partial charge in [0, 0.05) is 36.9 Å². The lowest BCUT2D eigenvalue weighted by atomic mass is 10.2. The molecule has 0 aliphatic carbocycles. The second kappa shape index (κ2) is 4.42. The minimum absolute atomic E-state index is 0.867. The fraction of sp³-hybridized carbons (Fsp3) is 0.500. The van der Waals surface area contributed by atoms with Crippen molar-refractivity contribution in [1.82, 2.24) is 4.90 Å². The standard InChI is InChI=1S/C12H17ClN2/c1-10-3-4-11(9-12(10)13)15-7-5-14(2)6-8-15/h3-4,9H,5-8H2,1-2H3. The van der Waals surface area contributed by atoms with Crippen molar-refractivity contribution in [2.24, 2.45) is 0 Å². The van der Waals surface area contributed by atoms with Crippen LogP contribution in [0.2, 0.25) is 5.02 Å². The molecular formula is C12H17ClN2. The Kier molecular flexibility index (Phi) is 3.17. The molecule has 0 spiro atoms. The van der Waals surface area contributed by atoms with E-state index in [4.69, 9.17) is 11.6 Å². The maximum absolute atomic E-state index is 6.12. The number of halogens is 1. The van der Waals surface area contributed by atoms with Crippen molar-refractivity contribution in [3.63, 3.8) is 0 Å². The number of anilines is 1. The van der Waals surface area contributed by atoms with Gasteiger partial charge < -0.3 is 9.80 Å². The molecule has 0 bridgehead atoms. The van der Waals surface area contributed by atoms with E-state index in [1.54, 1.807) is 0 Å². The summed E-state index contributed by atoms with van der Waals surface area (Å²) in [6.07, 6.45) is 0. The Morgan fingerprint density at radius 3 is 2.40 bits per heavy atom. The molecule has 1 aliphatic heterocycles. The van der Waals surface area contributed by atoms with Crippen LogP contribution < -0.4 is 4.90 Å². The van der Waals surface area contributed by atoms with Gasteiger partial charge in [-0.25, -0.2) is 0 Å². The summed E-state index contributed by atoms with van der Waals surface area (Å²) in [7, 11) is 2.17. The number of rotatable bonds is 1. The molecule has 82 valence electrons. The molecule has 0 atom stereocenters. The summed E-state index contributed by atoms with van der Waals surface area (Å²) in [6.45, 7) is 6.48. The lowest BCUT2D eigenvalue weighted by Gasteiger charge is -2.34. The van der Waals surface area contributed by atoms with Crippen LogP contribution in [0, 0.1) is 6.92 Å². The normalized spacial score (nSPS) is 18.2. The largest absolute Gasteiger partial charge is 0.369 e. The molecule has 1 saturated heterocycles. The number of hydrogen-bond acceptors (Lipinski definition) is 2. The first-order chi connectivity index (χ1) is 7.16. The van der Waals surface area contributed by atoms with E-state index in [0.717, 1.165) is 36.8 Å². The third-order valence-corrected chi connectivity index (χ3v) is 3.43. The van der Waals surface area contributed by atoms with Crippen molar-refractivity contribution in [3.05, 3.63) is 28.8 Å². The highest BCUT2D eigenvalue weighted by molar-refractivity contribution is 6.31. The first kappa shape index (κ1) is 10.8. The van der Waals surface area contributed by atoms with Crippen molar-refractivity contribution < 1.29 is 0 Å². The van der Waals surface area contributed by atoms with Crippen LogP contribution in [0.3, 0.4) is 0 Å². The van der Waals surface area contributed by atoms with Gasteiger partial charge in [0.05, 0.1) is 0 Å². The molecule has 0 N–H and O–H groups in total. The van der Waals surface area contributed by atoms with E-state index < -0.39 is 0 Å². The van der Waals surface area contributed by atoms with Crippen molar-refractivity contribution >= 4 is 17.3 Å². The van der Waals surface area contributed by atoms with Gasteiger partial charge in [-0.1, -0.05) is 17.7 Å². The van der Waals surface area contributed by atoms with Crippen LogP contribution in [-0.4, -0.2) is 38.1 Å². The monoisotopic (exact) mass is 224 g/mol. The maximum atomic E-state index is 6.12. The second-order valence-corrected chi connectivity index (χ2v) is 4.63. The molecule has 1 aromatic rings. The van der Waals surface area contributed by atoms with Gasteiger partial charge in [-0.05, 0) is 31.7 Å². The molecule has 1 aromatic carbocycles. The molecular weight excluding hydrogens is 208 g/mol. The van der Waals surface area contributed by atoms with Crippen LogP contribution in [0.5, 0.6) is 0 Å². The van der Waals surface area contributed by atoms with Gasteiger partial charge in [-0.2, -0.15) is 0 Å². The minimum Gasteiger partial charge on any atom is -0.369 e. The zero-order chi connectivity index (χ0) is 10.8. The first-order valence-corrected chi connectivity index (χ1v) is 5.74. The van der Waals surface area contributed by atoms with Crippen LogP contribution in [0.15, 0.2) is 18.2 Å². The molecule has 1 aliphatic rings. The Morgan fingerprint density at radius 1 is 1.13 bits per heavy atom. The predicted octanol–water partition coefficient (Wildman–Crippen LogP) is 2.40. The SMILES string of the molecule is Cc1ccc(N2CCN(C)CC2)cc1Cl. The number of nitrogens with zero attached hydrogens (tertiary/aromatic N) is 2. The summed E-state index contributed by atoms with van der Waals surface area (Å²) in [4.78, 5) is 4.75. The van der Waals surface area contributed by atoms with E-state index >= 15 is 0 Å². The number of benzene rings is 1. The average Bonchev–Trinajstić information content (AvgIpc) is 2.23. The first-order valence-electron chi connectivity index (χ1n) is 5.36. The fourth-order valence-electron chi connectivity index (χ4n) is 1.84. The van der Waals surface area contributed by atoms with Crippen LogP contribution >= 0.6 is 11.6 Å². The smallest absolute Gasteiger partial charge is 0.0455 e. The molecule has 15 heavy (non-hydrogen) atoms. The van der Waals surface area contributed by atoms with Gasteiger partial charge in [-0.15, -0.1) is 0 Å². The van der Waals surface area contributed by atoms with Crippen molar-refractivity contribution in [2.75, 3.05) is 38.1 Å². The predicted molar refractivity (Wildman–Crippen MR) is 65.9 cm³/mol. The second-order valence-electron chi connectivity index (χ2n) is 4.22. The van der Waals surface area contributed by atoms with Gasteiger partial charge in [0.25, 0.3) is 0 Å². The van der Waals surface area contributed by atoms with Crippen molar-refractivity contribution in [3.8, 4) is 0 Å². The van der Waals surface area contributed by atoms with E-state index in [2.05, 4.69) is 35.0 Å². The maximum Gasteiger partial charge on any atom is 0.0455 e. The molecule has 2 rings (SSSR count). The van der Waals surface area contributed by atoms with E-state index in [9.17, 15) is 0 Å². The quantitative estimate of drug-likeness (QED) is 0.723. The zero-order valence-electron chi connectivity index (χ0n) is 9.33. The number of hydrogen-bond donors (Lipinski definition) is 0. The Bertz CT molecular complexity index is 343. The van der Waals surface area contributed by atoms with Gasteiger partial charge in [0.15, 0.2) is 0 Å². The Morgan fingerprint density at radius 2 is 1.80 bits per heavy atom. The van der Waals surface area contributed by atoms with Crippen LogP contribution in [0.4, 0.5) is 5.69 Å². The summed E-state index contributed by atoms with van der Waals surface area (Å²) in [5, 5.41) is 0.867. The van der Waals surface area contributed by atoms with Crippen molar-refractivity contribution in [2.45, 2.75) is 6.92 Å². The molecule has 1 heterocycles. The number of aryl methyl sites for hydroxylation is 1. The third-order valence-electron chi connectivity index (χ3n) is 3.02. The lowest BCUT2D eigenvalue weighted by Crippen LogP contribution is -2.44. The molecule has 0 saturated carbocycles. The van der Waals surface area contributed by atoms with Gasteiger partial charge in [0.2, 0.25) is 0 Å². The molecule has 0 radical (unpaired) electrons. The number of likely N-dealkylation sites (N-methyl/N-ethyl adjacent to an activating group) is 1. The highest BCUT2D eigenvalue weighted by atomic mass is 35.5. The van der Waals surface area contributed by atoms with E-state index in [-0.39, 0.29) is 0 Å². The molecule has 3 heteroatoms. The summed E-state index contributed by atoms with van der Waals surface area (Å²) < 4.78 is 0. The molecule has 2 nitrogen and oxygen atoms in total. The fourth-order valence-corrected chi connectivity index (χ4v) is 2.02. The Labute approximate surface area is 96.4 Å². The molecule has 1 fully saturated rings. The van der Waals surface area contributed by atoms with E-state index in [1.807, 2.05) is 6.92 Å². The van der Waals surface area contributed by atoms with E-state index in [1.165, 1.54) is 5.69 Å². The summed E-state index contributed by atoms with van der Waals surface area (Å²) in [5.74, 6) is 0. The van der Waals surface area contributed by atoms with Crippen LogP contribution in [0.1, 0.15) is 5.56 Å². The Hall–Kier alpha value is -0.730. The van der Waals surface area contributed by atoms with Gasteiger partial charge in [0.1, 0.15) is 0 Å². The van der Waals surface area contributed by atoms with Gasteiger partial charge >= 0.3 is 0 Å². The van der Waals surface area contributed by atoms with E-state index in [0.29, 0.717) is 0 Å².